The van der Waals surface area contributed by atoms with Gasteiger partial charge in [-0.2, -0.15) is 0 Å². The van der Waals surface area contributed by atoms with Crippen LogP contribution in [0.3, 0.4) is 0 Å². The minimum absolute atomic E-state index is 0.0140. The van der Waals surface area contributed by atoms with E-state index in [4.69, 9.17) is 9.26 Å². The summed E-state index contributed by atoms with van der Waals surface area (Å²) in [6.45, 7) is 5.56. The molecule has 1 aromatic carbocycles. The number of benzene rings is 1. The third-order valence-electron chi connectivity index (χ3n) is 5.83. The van der Waals surface area contributed by atoms with Gasteiger partial charge in [-0.1, -0.05) is 6.92 Å². The smallest absolute Gasteiger partial charge is 0.294 e. The van der Waals surface area contributed by atoms with Gasteiger partial charge in [0, 0.05) is 36.1 Å². The van der Waals surface area contributed by atoms with Crippen molar-refractivity contribution in [3.63, 3.8) is 0 Å². The number of rotatable bonds is 6. The fourth-order valence-corrected chi connectivity index (χ4v) is 4.27. The fourth-order valence-electron chi connectivity index (χ4n) is 4.27. The van der Waals surface area contributed by atoms with E-state index < -0.39 is 17.5 Å². The molecule has 7 nitrogen and oxygen atoms in total. The number of anilines is 1. The van der Waals surface area contributed by atoms with Gasteiger partial charge in [0.2, 0.25) is 5.76 Å². The molecule has 0 spiro atoms. The molecule has 4 rings (SSSR count). The van der Waals surface area contributed by atoms with Crippen molar-refractivity contribution in [2.45, 2.75) is 52.1 Å². The van der Waals surface area contributed by atoms with Gasteiger partial charge in [-0.3, -0.25) is 14.6 Å². The highest BCUT2D eigenvalue weighted by atomic mass is 19.1. The summed E-state index contributed by atoms with van der Waals surface area (Å²) >= 11 is 0. The van der Waals surface area contributed by atoms with Crippen LogP contribution in [0.2, 0.25) is 0 Å². The fraction of sp³-hybridized carbons (Fsp3) is 0.360. The molecule has 178 valence electrons. The van der Waals surface area contributed by atoms with Crippen molar-refractivity contribution in [1.82, 2.24) is 10.1 Å². The Bertz CT molecular complexity index is 1220. The first kappa shape index (κ1) is 23.5. The number of Topliss-reactive ketones (excluding diaryl/α,β-unsaturated/α-hetero) is 1. The summed E-state index contributed by atoms with van der Waals surface area (Å²) in [4.78, 5) is 29.5. The molecule has 1 amide bonds. The van der Waals surface area contributed by atoms with Gasteiger partial charge in [-0.15, -0.1) is 0 Å². The minimum Gasteiger partial charge on any atom is -0.473 e. The van der Waals surface area contributed by atoms with E-state index >= 15 is 0 Å². The summed E-state index contributed by atoms with van der Waals surface area (Å²) in [6.07, 6.45) is 2.65. The summed E-state index contributed by atoms with van der Waals surface area (Å²) < 4.78 is 39.3. The predicted molar refractivity (Wildman–Crippen MR) is 121 cm³/mol. The van der Waals surface area contributed by atoms with E-state index in [1.807, 2.05) is 20.8 Å². The van der Waals surface area contributed by atoms with Crippen LogP contribution >= 0.6 is 0 Å². The number of nitrogens with zero attached hydrogens (tertiary/aromatic N) is 2. The Balaban J connectivity index is 1.77. The van der Waals surface area contributed by atoms with Crippen LogP contribution in [0.25, 0.3) is 11.1 Å². The number of halogens is 2. The molecule has 1 aliphatic rings. The van der Waals surface area contributed by atoms with Crippen molar-refractivity contribution in [3.05, 3.63) is 59.6 Å². The molecule has 1 fully saturated rings. The SMILES string of the molecule is CC(C)Oc1cc(C(=O)Nc2c(-c3cc(F)ccc3F)ccnc2[C@@H]2CCC(=O)C[C@H]2C)on1. The monoisotopic (exact) mass is 469 g/mol. The largest absolute Gasteiger partial charge is 0.473 e. The van der Waals surface area contributed by atoms with Crippen LogP contribution in [0, 0.1) is 17.6 Å². The van der Waals surface area contributed by atoms with Gasteiger partial charge in [0.25, 0.3) is 11.8 Å². The number of carbonyl (C=O) groups excluding carboxylic acids is 2. The van der Waals surface area contributed by atoms with E-state index in [-0.39, 0.29) is 52.2 Å². The quantitative estimate of drug-likeness (QED) is 0.510. The highest BCUT2D eigenvalue weighted by Gasteiger charge is 2.32. The molecule has 34 heavy (non-hydrogen) atoms. The van der Waals surface area contributed by atoms with Gasteiger partial charge in [0.15, 0.2) is 0 Å². The van der Waals surface area contributed by atoms with Crippen molar-refractivity contribution in [2.24, 2.45) is 5.92 Å². The molecule has 1 saturated carbocycles. The number of aromatic nitrogens is 2. The van der Waals surface area contributed by atoms with E-state index in [0.29, 0.717) is 25.0 Å². The van der Waals surface area contributed by atoms with Crippen molar-refractivity contribution in [1.29, 1.82) is 0 Å². The molecule has 2 aromatic heterocycles. The predicted octanol–water partition coefficient (Wildman–Crippen LogP) is 5.53. The molecule has 0 bridgehead atoms. The van der Waals surface area contributed by atoms with Gasteiger partial charge >= 0.3 is 0 Å². The van der Waals surface area contributed by atoms with Gasteiger partial charge in [-0.25, -0.2) is 8.78 Å². The van der Waals surface area contributed by atoms with Gasteiger partial charge in [0.05, 0.1) is 23.6 Å². The lowest BCUT2D eigenvalue weighted by molar-refractivity contribution is -0.121. The molecule has 0 saturated heterocycles. The molecular weight excluding hydrogens is 444 g/mol. The van der Waals surface area contributed by atoms with Crippen molar-refractivity contribution >= 4 is 17.4 Å². The molecule has 0 radical (unpaired) electrons. The summed E-state index contributed by atoms with van der Waals surface area (Å²) in [6, 6.07) is 6.00. The van der Waals surface area contributed by atoms with Crippen LogP contribution in [0.1, 0.15) is 62.2 Å². The van der Waals surface area contributed by atoms with Crippen LogP contribution in [0.5, 0.6) is 5.88 Å². The van der Waals surface area contributed by atoms with Crippen LogP contribution in [-0.4, -0.2) is 27.9 Å². The lowest BCUT2D eigenvalue weighted by Gasteiger charge is -2.29. The number of carbonyl (C=O) groups is 2. The average Bonchev–Trinajstić information content (AvgIpc) is 3.24. The standard InChI is InChI=1S/C25H25F2N3O4/c1-13(2)33-22-12-21(34-30-22)25(32)29-24-18(19-11-15(26)4-7-20(19)27)8-9-28-23(24)17-6-5-16(31)10-14(17)3/h4,7-9,11-14,17H,5-6,10H2,1-3H3,(H,29,32)/t14-,17-/m1/s1. The Hall–Kier alpha value is -3.62. The highest BCUT2D eigenvalue weighted by molar-refractivity contribution is 6.05. The van der Waals surface area contributed by atoms with Crippen LogP contribution < -0.4 is 10.1 Å². The molecular formula is C25H25F2N3O4. The van der Waals surface area contributed by atoms with Gasteiger partial charge < -0.3 is 14.6 Å². The molecule has 3 aromatic rings. The topological polar surface area (TPSA) is 94.3 Å². The summed E-state index contributed by atoms with van der Waals surface area (Å²) in [5.41, 5.74) is 1.01. The van der Waals surface area contributed by atoms with Gasteiger partial charge in [0.1, 0.15) is 17.4 Å². The Labute approximate surface area is 195 Å². The first-order chi connectivity index (χ1) is 16.2. The van der Waals surface area contributed by atoms with Crippen molar-refractivity contribution in [2.75, 3.05) is 5.32 Å². The lowest BCUT2D eigenvalue weighted by atomic mass is 9.77. The maximum atomic E-state index is 14.7. The zero-order valence-corrected chi connectivity index (χ0v) is 19.1. The third-order valence-corrected chi connectivity index (χ3v) is 5.83. The number of amides is 1. The Morgan fingerprint density at radius 3 is 2.74 bits per heavy atom. The van der Waals surface area contributed by atoms with Gasteiger partial charge in [-0.05, 0) is 55.6 Å². The molecule has 1 aliphatic carbocycles. The second-order valence-electron chi connectivity index (χ2n) is 8.76. The maximum Gasteiger partial charge on any atom is 0.294 e. The Morgan fingerprint density at radius 1 is 1.21 bits per heavy atom. The molecule has 0 aliphatic heterocycles. The van der Waals surface area contributed by atoms with E-state index in [9.17, 15) is 18.4 Å². The van der Waals surface area contributed by atoms with E-state index in [1.165, 1.54) is 18.3 Å². The Morgan fingerprint density at radius 2 is 2.00 bits per heavy atom. The lowest BCUT2D eigenvalue weighted by Crippen LogP contribution is -2.24. The van der Waals surface area contributed by atoms with Crippen molar-refractivity contribution in [3.8, 4) is 17.0 Å². The zero-order valence-electron chi connectivity index (χ0n) is 19.1. The highest BCUT2D eigenvalue weighted by Crippen LogP contribution is 2.42. The molecule has 2 heterocycles. The summed E-state index contributed by atoms with van der Waals surface area (Å²) in [5, 5.41) is 6.51. The summed E-state index contributed by atoms with van der Waals surface area (Å²) in [5.74, 6) is -1.88. The number of pyridine rings is 1. The maximum absolute atomic E-state index is 14.7. The molecule has 1 N–H and O–H groups in total. The third kappa shape index (κ3) is 4.98. The normalized spacial score (nSPS) is 18.2. The number of ether oxygens (including phenoxy) is 1. The van der Waals surface area contributed by atoms with Crippen LogP contribution in [0.15, 0.2) is 41.1 Å². The minimum atomic E-state index is -0.645. The molecule has 2 atom stereocenters. The summed E-state index contributed by atoms with van der Waals surface area (Å²) in [7, 11) is 0. The first-order valence-corrected chi connectivity index (χ1v) is 11.1. The van der Waals surface area contributed by atoms with E-state index in [1.54, 1.807) is 0 Å². The Kier molecular flexibility index (Phi) is 6.72. The van der Waals surface area contributed by atoms with E-state index in [0.717, 1.165) is 18.2 Å². The molecule has 0 unspecified atom stereocenters. The van der Waals surface area contributed by atoms with Crippen LogP contribution in [-0.2, 0) is 4.79 Å². The number of ketones is 1. The second kappa shape index (κ2) is 9.70. The average molecular weight is 469 g/mol. The zero-order chi connectivity index (χ0) is 24.4. The molecule has 9 heteroatoms. The van der Waals surface area contributed by atoms with E-state index in [2.05, 4.69) is 15.5 Å². The number of hydrogen-bond acceptors (Lipinski definition) is 6. The second-order valence-corrected chi connectivity index (χ2v) is 8.76. The van der Waals surface area contributed by atoms with Crippen LogP contribution in [0.4, 0.5) is 14.5 Å². The van der Waals surface area contributed by atoms with Crippen molar-refractivity contribution < 1.29 is 27.6 Å². The first-order valence-electron chi connectivity index (χ1n) is 11.1. The number of nitrogens with one attached hydrogen (secondary N) is 1. The number of hydrogen-bond donors (Lipinski definition) is 1.